The van der Waals surface area contributed by atoms with Crippen LogP contribution in [-0.4, -0.2) is 30.1 Å². The fourth-order valence-corrected chi connectivity index (χ4v) is 5.02. The molecule has 1 N–H and O–H groups in total. The van der Waals surface area contributed by atoms with Crippen LogP contribution in [0.15, 0.2) is 48.5 Å². The molecule has 3 nitrogen and oxygen atoms in total. The number of nitrogens with zero attached hydrogens (tertiary/aromatic N) is 1. The molecule has 1 aliphatic carbocycles. The second kappa shape index (κ2) is 6.48. The number of rotatable bonds is 3. The van der Waals surface area contributed by atoms with E-state index in [4.69, 9.17) is 4.74 Å². The van der Waals surface area contributed by atoms with Crippen LogP contribution >= 0.6 is 0 Å². The van der Waals surface area contributed by atoms with E-state index in [0.29, 0.717) is 0 Å². The van der Waals surface area contributed by atoms with Crippen molar-refractivity contribution in [2.45, 2.75) is 25.8 Å². The molecule has 1 aliphatic heterocycles. The fourth-order valence-electron chi connectivity index (χ4n) is 5.02. The molecule has 0 amide bonds. The minimum atomic E-state index is 0.779. The molecular formula is C23H26N2O. The van der Waals surface area contributed by atoms with Crippen molar-refractivity contribution in [1.29, 1.82) is 0 Å². The van der Waals surface area contributed by atoms with Gasteiger partial charge in [-0.15, -0.1) is 0 Å². The Kier molecular flexibility index (Phi) is 3.97. The fraction of sp³-hybridized carbons (Fsp3) is 0.391. The smallest absolute Gasteiger partial charge is 0.119 e. The van der Waals surface area contributed by atoms with Crippen LogP contribution in [-0.2, 0) is 19.4 Å². The molecule has 134 valence electrons. The minimum Gasteiger partial charge on any atom is -0.497 e. The number of aromatic amines is 1. The normalized spacial score (nSPS) is 22.8. The van der Waals surface area contributed by atoms with Gasteiger partial charge in [-0.25, -0.2) is 0 Å². The van der Waals surface area contributed by atoms with Crippen molar-refractivity contribution in [1.82, 2.24) is 9.88 Å². The Morgan fingerprint density at radius 1 is 1.08 bits per heavy atom. The maximum absolute atomic E-state index is 5.38. The first kappa shape index (κ1) is 16.0. The molecule has 3 heteroatoms. The lowest BCUT2D eigenvalue weighted by molar-refractivity contribution is 0.106. The van der Waals surface area contributed by atoms with Crippen LogP contribution in [0.25, 0.3) is 10.9 Å². The summed E-state index contributed by atoms with van der Waals surface area (Å²) in [7, 11) is 1.74. The summed E-state index contributed by atoms with van der Waals surface area (Å²) in [6.07, 6.45) is 3.75. The third-order valence-electron chi connectivity index (χ3n) is 6.35. The van der Waals surface area contributed by atoms with Crippen molar-refractivity contribution in [2.75, 3.05) is 20.2 Å². The summed E-state index contributed by atoms with van der Waals surface area (Å²) in [5.74, 6) is 2.57. The molecular weight excluding hydrogens is 320 g/mol. The molecule has 1 saturated heterocycles. The highest BCUT2D eigenvalue weighted by Gasteiger charge is 2.35. The van der Waals surface area contributed by atoms with E-state index in [1.165, 1.54) is 54.5 Å². The first-order valence-electron chi connectivity index (χ1n) is 9.74. The van der Waals surface area contributed by atoms with Crippen molar-refractivity contribution in [3.05, 3.63) is 65.4 Å². The number of para-hydroxylation sites is 1. The van der Waals surface area contributed by atoms with Crippen molar-refractivity contribution in [3.8, 4) is 5.75 Å². The number of hydrogen-bond acceptors (Lipinski definition) is 2. The predicted octanol–water partition coefficient (Wildman–Crippen LogP) is 4.41. The Labute approximate surface area is 155 Å². The van der Waals surface area contributed by atoms with Gasteiger partial charge in [-0.1, -0.05) is 30.3 Å². The van der Waals surface area contributed by atoms with Gasteiger partial charge in [0, 0.05) is 29.7 Å². The van der Waals surface area contributed by atoms with Gasteiger partial charge in [0.25, 0.3) is 0 Å². The number of benzene rings is 2. The van der Waals surface area contributed by atoms with Gasteiger partial charge in [0.05, 0.1) is 7.11 Å². The van der Waals surface area contributed by atoms with Crippen molar-refractivity contribution in [3.63, 3.8) is 0 Å². The van der Waals surface area contributed by atoms with Crippen molar-refractivity contribution < 1.29 is 4.74 Å². The average Bonchev–Trinajstić information content (AvgIpc) is 3.04. The van der Waals surface area contributed by atoms with Crippen LogP contribution in [0.2, 0.25) is 0 Å². The lowest BCUT2D eigenvalue weighted by atomic mass is 9.74. The summed E-state index contributed by atoms with van der Waals surface area (Å²) < 4.78 is 5.38. The van der Waals surface area contributed by atoms with E-state index in [2.05, 4.69) is 52.3 Å². The lowest BCUT2D eigenvalue weighted by Gasteiger charge is -2.41. The molecule has 3 aromatic rings. The Morgan fingerprint density at radius 2 is 2.00 bits per heavy atom. The second-order valence-corrected chi connectivity index (χ2v) is 7.93. The molecule has 0 bridgehead atoms. The van der Waals surface area contributed by atoms with Crippen LogP contribution < -0.4 is 4.74 Å². The van der Waals surface area contributed by atoms with Crippen LogP contribution in [0, 0.1) is 11.8 Å². The summed E-state index contributed by atoms with van der Waals surface area (Å²) >= 11 is 0. The molecule has 0 spiro atoms. The number of piperidine rings is 1. The third kappa shape index (κ3) is 2.80. The van der Waals surface area contributed by atoms with Gasteiger partial charge in [0.2, 0.25) is 0 Å². The number of nitrogens with one attached hydrogen (secondary N) is 1. The molecule has 2 aliphatic rings. The molecule has 2 unspecified atom stereocenters. The van der Waals surface area contributed by atoms with E-state index in [0.717, 1.165) is 24.1 Å². The predicted molar refractivity (Wildman–Crippen MR) is 106 cm³/mol. The molecule has 26 heavy (non-hydrogen) atoms. The molecule has 1 fully saturated rings. The topological polar surface area (TPSA) is 28.3 Å². The number of aromatic nitrogens is 1. The molecule has 2 aromatic carbocycles. The number of methoxy groups -OCH3 is 1. The van der Waals surface area contributed by atoms with Gasteiger partial charge in [-0.2, -0.15) is 0 Å². The Hall–Kier alpha value is -2.26. The monoisotopic (exact) mass is 346 g/mol. The van der Waals surface area contributed by atoms with E-state index in [1.807, 2.05) is 6.07 Å². The van der Waals surface area contributed by atoms with E-state index < -0.39 is 0 Å². The zero-order valence-corrected chi connectivity index (χ0v) is 15.4. The first-order valence-corrected chi connectivity index (χ1v) is 9.74. The SMILES string of the molecule is COc1cccc(CN2CCC3Cc4[nH]c5ccccc5c4CC3C2)c1. The summed E-state index contributed by atoms with van der Waals surface area (Å²) in [4.78, 5) is 6.32. The maximum atomic E-state index is 5.38. The van der Waals surface area contributed by atoms with Crippen LogP contribution in [0.3, 0.4) is 0 Å². The number of fused-ring (bicyclic) bond motifs is 4. The zero-order chi connectivity index (χ0) is 17.5. The van der Waals surface area contributed by atoms with Gasteiger partial charge < -0.3 is 9.72 Å². The Bertz CT molecular complexity index is 929. The summed E-state index contributed by atoms with van der Waals surface area (Å²) in [6, 6.07) is 17.3. The molecule has 1 aromatic heterocycles. The minimum absolute atomic E-state index is 0.779. The largest absolute Gasteiger partial charge is 0.497 e. The van der Waals surface area contributed by atoms with Gasteiger partial charge in [-0.3, -0.25) is 4.90 Å². The zero-order valence-electron chi connectivity index (χ0n) is 15.4. The maximum Gasteiger partial charge on any atom is 0.119 e. The summed E-state index contributed by atoms with van der Waals surface area (Å²) in [5, 5.41) is 1.44. The Morgan fingerprint density at radius 3 is 2.92 bits per heavy atom. The van der Waals surface area contributed by atoms with Gasteiger partial charge in [0.1, 0.15) is 5.75 Å². The summed E-state index contributed by atoms with van der Waals surface area (Å²) in [6.45, 7) is 3.44. The summed E-state index contributed by atoms with van der Waals surface area (Å²) in [5.41, 5.74) is 5.73. The third-order valence-corrected chi connectivity index (χ3v) is 6.35. The first-order chi connectivity index (χ1) is 12.8. The number of ether oxygens (including phenoxy) is 1. The number of H-pyrrole nitrogens is 1. The van der Waals surface area contributed by atoms with Crippen LogP contribution in [0.1, 0.15) is 23.2 Å². The highest BCUT2D eigenvalue weighted by atomic mass is 16.5. The number of hydrogen-bond donors (Lipinski definition) is 1. The van der Waals surface area contributed by atoms with E-state index in [1.54, 1.807) is 12.7 Å². The van der Waals surface area contributed by atoms with E-state index in [9.17, 15) is 0 Å². The van der Waals surface area contributed by atoms with E-state index >= 15 is 0 Å². The standard InChI is InChI=1S/C23H26N2O/c1-26-19-6-4-5-16(11-19)14-25-10-9-17-13-23-21(12-18(17)15-25)20-7-2-3-8-22(20)24-23/h2-8,11,17-18,24H,9-10,12-15H2,1H3. The van der Waals surface area contributed by atoms with Gasteiger partial charge in [-0.05, 0) is 67.0 Å². The van der Waals surface area contributed by atoms with E-state index in [-0.39, 0.29) is 0 Å². The van der Waals surface area contributed by atoms with Crippen molar-refractivity contribution in [2.24, 2.45) is 11.8 Å². The average molecular weight is 346 g/mol. The molecule has 0 saturated carbocycles. The second-order valence-electron chi connectivity index (χ2n) is 7.93. The van der Waals surface area contributed by atoms with Gasteiger partial charge >= 0.3 is 0 Å². The quantitative estimate of drug-likeness (QED) is 0.761. The van der Waals surface area contributed by atoms with Gasteiger partial charge in [0.15, 0.2) is 0 Å². The molecule has 2 atom stereocenters. The number of likely N-dealkylation sites (tertiary alicyclic amines) is 1. The highest BCUT2D eigenvalue weighted by molar-refractivity contribution is 5.84. The molecule has 2 heterocycles. The Balaban J connectivity index is 1.34. The van der Waals surface area contributed by atoms with Crippen LogP contribution in [0.5, 0.6) is 5.75 Å². The van der Waals surface area contributed by atoms with Crippen molar-refractivity contribution >= 4 is 10.9 Å². The van der Waals surface area contributed by atoms with Crippen LogP contribution in [0.4, 0.5) is 0 Å². The highest BCUT2D eigenvalue weighted by Crippen LogP contribution is 2.39. The lowest BCUT2D eigenvalue weighted by Crippen LogP contribution is -2.43. The molecule has 0 radical (unpaired) electrons. The molecule has 5 rings (SSSR count).